The Balaban J connectivity index is 1.63. The molecule has 0 heterocycles. The highest BCUT2D eigenvalue weighted by atomic mass is 16.5. The van der Waals surface area contributed by atoms with Crippen LogP contribution >= 0.6 is 0 Å². The van der Waals surface area contributed by atoms with Crippen LogP contribution in [0.2, 0.25) is 0 Å². The van der Waals surface area contributed by atoms with Crippen LogP contribution < -0.4 is 15.8 Å². The fourth-order valence-electron chi connectivity index (χ4n) is 5.12. The van der Waals surface area contributed by atoms with Crippen molar-refractivity contribution < 1.29 is 14.3 Å². The van der Waals surface area contributed by atoms with Crippen LogP contribution in [0.15, 0.2) is 72.8 Å². The summed E-state index contributed by atoms with van der Waals surface area (Å²) in [5.74, 6) is -0.0182. The molecule has 0 spiro atoms. The van der Waals surface area contributed by atoms with Gasteiger partial charge in [0.2, 0.25) is 0 Å². The van der Waals surface area contributed by atoms with Gasteiger partial charge < -0.3 is 15.8 Å². The lowest BCUT2D eigenvalue weighted by Gasteiger charge is -2.25. The van der Waals surface area contributed by atoms with E-state index in [1.807, 2.05) is 39.0 Å². The summed E-state index contributed by atoms with van der Waals surface area (Å²) in [4.78, 5) is 27.4. The van der Waals surface area contributed by atoms with Gasteiger partial charge in [0, 0.05) is 28.8 Å². The lowest BCUT2D eigenvalue weighted by molar-refractivity contribution is 0.0980. The average Bonchev–Trinajstić information content (AvgIpc) is 2.89. The second-order valence-corrected chi connectivity index (χ2v) is 9.81. The first-order chi connectivity index (χ1) is 17.8. The largest absolute Gasteiger partial charge is 0.491 e. The fourth-order valence-corrected chi connectivity index (χ4v) is 5.12. The van der Waals surface area contributed by atoms with Gasteiger partial charge in [0.1, 0.15) is 5.75 Å². The number of hydrogen-bond donors (Lipinski definition) is 2. The zero-order valence-electron chi connectivity index (χ0n) is 21.5. The average molecular weight is 491 g/mol. The van der Waals surface area contributed by atoms with Gasteiger partial charge in [0.05, 0.1) is 29.1 Å². The summed E-state index contributed by atoms with van der Waals surface area (Å²) in [6.07, 6.45) is 0. The molecular weight excluding hydrogens is 460 g/mol. The van der Waals surface area contributed by atoms with Gasteiger partial charge >= 0.3 is 0 Å². The van der Waals surface area contributed by atoms with E-state index in [0.717, 1.165) is 27.9 Å². The highest BCUT2D eigenvalue weighted by molar-refractivity contribution is 6.32. The van der Waals surface area contributed by atoms with E-state index in [1.54, 1.807) is 30.3 Å². The zero-order valence-corrected chi connectivity index (χ0v) is 21.5. The van der Waals surface area contributed by atoms with E-state index < -0.39 is 0 Å². The lowest BCUT2D eigenvalue weighted by atomic mass is 9.82. The van der Waals surface area contributed by atoms with E-state index in [-0.39, 0.29) is 34.3 Å². The molecule has 186 valence electrons. The summed E-state index contributed by atoms with van der Waals surface area (Å²) in [6.45, 7) is 8.54. The Morgan fingerprint density at radius 3 is 2.00 bits per heavy atom. The van der Waals surface area contributed by atoms with Gasteiger partial charge in [-0.1, -0.05) is 79.2 Å². The second-order valence-electron chi connectivity index (χ2n) is 9.81. The normalized spacial score (nSPS) is 13.1. The number of nitrogen functional groups attached to an aromatic ring is 1. The van der Waals surface area contributed by atoms with Crippen LogP contribution in [0.1, 0.15) is 66.9 Å². The van der Waals surface area contributed by atoms with Crippen LogP contribution in [0, 0.1) is 20.8 Å². The molecule has 4 aromatic carbocycles. The maximum Gasteiger partial charge on any atom is 0.196 e. The highest BCUT2D eigenvalue weighted by Gasteiger charge is 2.35. The molecule has 0 amide bonds. The van der Waals surface area contributed by atoms with E-state index in [2.05, 4.69) is 36.5 Å². The SMILES string of the molecule is Cc1cc(C)c(Nc2cc(OCC(C)c3ccccc3)c(N)c3c2C(=O)c2ccccc2C3=O)c(C)c1. The topological polar surface area (TPSA) is 81.4 Å². The summed E-state index contributed by atoms with van der Waals surface area (Å²) in [6, 6.07) is 22.9. The van der Waals surface area contributed by atoms with Gasteiger partial charge in [-0.3, -0.25) is 9.59 Å². The number of ether oxygens (including phenoxy) is 1. The lowest BCUT2D eigenvalue weighted by Crippen LogP contribution is -2.24. The van der Waals surface area contributed by atoms with Crippen molar-refractivity contribution in [1.29, 1.82) is 0 Å². The molecule has 3 N–H and O–H groups in total. The number of carbonyl (C=O) groups is 2. The maximum absolute atomic E-state index is 13.7. The van der Waals surface area contributed by atoms with Crippen LogP contribution in [0.4, 0.5) is 17.1 Å². The van der Waals surface area contributed by atoms with Crippen molar-refractivity contribution in [2.24, 2.45) is 0 Å². The number of anilines is 3. The summed E-state index contributed by atoms with van der Waals surface area (Å²) in [7, 11) is 0. The standard InChI is InChI=1S/C32H30N2O3/c1-18-14-19(2)30(20(3)15-18)34-25-16-26(37-17-21(4)22-10-6-5-7-11-22)29(33)28-27(25)31(35)23-12-8-9-13-24(23)32(28)36/h5-16,21,34H,17,33H2,1-4H3. The van der Waals surface area contributed by atoms with E-state index in [0.29, 0.717) is 29.2 Å². The molecule has 5 heteroatoms. The molecule has 5 rings (SSSR count). The molecule has 1 unspecified atom stereocenters. The minimum Gasteiger partial charge on any atom is -0.491 e. The third-order valence-electron chi connectivity index (χ3n) is 6.99. The predicted octanol–water partition coefficient (Wildman–Crippen LogP) is 6.90. The summed E-state index contributed by atoms with van der Waals surface area (Å²) in [5.41, 5.74) is 13.7. The first-order valence-corrected chi connectivity index (χ1v) is 12.4. The van der Waals surface area contributed by atoms with Crippen molar-refractivity contribution in [3.05, 3.63) is 117 Å². The first-order valence-electron chi connectivity index (χ1n) is 12.4. The summed E-state index contributed by atoms with van der Waals surface area (Å²) >= 11 is 0. The molecular formula is C32H30N2O3. The van der Waals surface area contributed by atoms with Crippen molar-refractivity contribution in [2.75, 3.05) is 17.7 Å². The van der Waals surface area contributed by atoms with Gasteiger partial charge in [-0.05, 0) is 37.5 Å². The molecule has 0 aliphatic heterocycles. The Labute approximate surface area is 217 Å². The van der Waals surface area contributed by atoms with Crippen molar-refractivity contribution in [3.63, 3.8) is 0 Å². The molecule has 1 aliphatic rings. The van der Waals surface area contributed by atoms with Gasteiger partial charge in [0.25, 0.3) is 0 Å². The Morgan fingerprint density at radius 1 is 0.811 bits per heavy atom. The Bertz CT molecular complexity index is 1520. The molecule has 1 aliphatic carbocycles. The fraction of sp³-hybridized carbons (Fsp3) is 0.188. The Kier molecular flexibility index (Phi) is 6.30. The molecule has 37 heavy (non-hydrogen) atoms. The van der Waals surface area contributed by atoms with Crippen LogP contribution in [-0.2, 0) is 0 Å². The quantitative estimate of drug-likeness (QED) is 0.253. The Morgan fingerprint density at radius 2 is 1.38 bits per heavy atom. The molecule has 4 aromatic rings. The third-order valence-corrected chi connectivity index (χ3v) is 6.99. The number of aryl methyl sites for hydroxylation is 3. The minimum atomic E-state index is -0.273. The van der Waals surface area contributed by atoms with Crippen LogP contribution in [0.3, 0.4) is 0 Å². The monoisotopic (exact) mass is 490 g/mol. The molecule has 0 fully saturated rings. The number of fused-ring (bicyclic) bond motifs is 2. The zero-order chi connectivity index (χ0) is 26.3. The number of carbonyl (C=O) groups excluding carboxylic acids is 2. The number of rotatable bonds is 6. The van der Waals surface area contributed by atoms with Crippen LogP contribution in [0.25, 0.3) is 0 Å². The van der Waals surface area contributed by atoms with Crippen molar-refractivity contribution in [2.45, 2.75) is 33.6 Å². The summed E-state index contributed by atoms with van der Waals surface area (Å²) in [5, 5.41) is 3.46. The van der Waals surface area contributed by atoms with E-state index in [4.69, 9.17) is 10.5 Å². The second kappa shape index (κ2) is 9.58. The van der Waals surface area contributed by atoms with E-state index in [9.17, 15) is 9.59 Å². The predicted molar refractivity (Wildman–Crippen MR) is 148 cm³/mol. The number of nitrogens with one attached hydrogen (secondary N) is 1. The molecule has 0 radical (unpaired) electrons. The number of benzene rings is 4. The van der Waals surface area contributed by atoms with E-state index in [1.165, 1.54) is 0 Å². The van der Waals surface area contributed by atoms with Crippen molar-refractivity contribution in [3.8, 4) is 5.75 Å². The molecule has 0 bridgehead atoms. The van der Waals surface area contributed by atoms with Gasteiger partial charge in [-0.2, -0.15) is 0 Å². The Hall–Kier alpha value is -4.38. The number of ketones is 2. The van der Waals surface area contributed by atoms with Crippen LogP contribution in [-0.4, -0.2) is 18.2 Å². The molecule has 1 atom stereocenters. The smallest absolute Gasteiger partial charge is 0.196 e. The van der Waals surface area contributed by atoms with Crippen molar-refractivity contribution in [1.82, 2.24) is 0 Å². The first kappa shape index (κ1) is 24.3. The van der Waals surface area contributed by atoms with Gasteiger partial charge in [0.15, 0.2) is 11.6 Å². The highest BCUT2D eigenvalue weighted by Crippen LogP contribution is 2.42. The van der Waals surface area contributed by atoms with Crippen molar-refractivity contribution >= 4 is 28.6 Å². The third kappa shape index (κ3) is 4.38. The minimum absolute atomic E-state index is 0.104. The molecule has 0 saturated heterocycles. The van der Waals surface area contributed by atoms with Crippen LogP contribution in [0.5, 0.6) is 5.75 Å². The maximum atomic E-state index is 13.7. The number of hydrogen-bond acceptors (Lipinski definition) is 5. The van der Waals surface area contributed by atoms with Gasteiger partial charge in [-0.25, -0.2) is 0 Å². The number of nitrogens with two attached hydrogens (primary N) is 1. The van der Waals surface area contributed by atoms with Gasteiger partial charge in [-0.15, -0.1) is 0 Å². The molecule has 5 nitrogen and oxygen atoms in total. The molecule has 0 saturated carbocycles. The molecule has 0 aromatic heterocycles. The van der Waals surface area contributed by atoms with E-state index >= 15 is 0 Å². The summed E-state index contributed by atoms with van der Waals surface area (Å²) < 4.78 is 6.22.